The summed E-state index contributed by atoms with van der Waals surface area (Å²) in [6.45, 7) is 0. The summed E-state index contributed by atoms with van der Waals surface area (Å²) in [5.74, 6) is -1.82. The zero-order valence-electron chi connectivity index (χ0n) is 8.20. The van der Waals surface area contributed by atoms with Gasteiger partial charge in [-0.25, -0.2) is 4.39 Å². The summed E-state index contributed by atoms with van der Waals surface area (Å²) < 4.78 is 87.3. The molecule has 0 fully saturated rings. The lowest BCUT2D eigenvalue weighted by molar-refractivity contribution is -0.377. The second-order valence-electron chi connectivity index (χ2n) is 3.30. The van der Waals surface area contributed by atoms with Crippen LogP contribution in [-0.4, -0.2) is 17.5 Å². The van der Waals surface area contributed by atoms with E-state index in [0.29, 0.717) is 6.07 Å². The van der Waals surface area contributed by atoms with Gasteiger partial charge in [0.25, 0.3) is 5.60 Å². The molecule has 18 heavy (non-hydrogen) atoms. The van der Waals surface area contributed by atoms with Crippen molar-refractivity contribution >= 4 is 15.9 Å². The number of aliphatic hydroxyl groups is 1. The third-order valence-corrected chi connectivity index (χ3v) is 2.81. The first-order valence-electron chi connectivity index (χ1n) is 4.23. The lowest BCUT2D eigenvalue weighted by Gasteiger charge is -2.33. The Labute approximate surface area is 104 Å². The van der Waals surface area contributed by atoms with Gasteiger partial charge in [0.15, 0.2) is 0 Å². The highest BCUT2D eigenvalue weighted by Gasteiger charge is 2.72. The Morgan fingerprint density at radius 3 is 1.72 bits per heavy atom. The fourth-order valence-electron chi connectivity index (χ4n) is 1.29. The molecular formula is C9H4BrF7O. The lowest BCUT2D eigenvalue weighted by atomic mass is 9.92. The lowest BCUT2D eigenvalue weighted by Crippen LogP contribution is -2.54. The van der Waals surface area contributed by atoms with Crippen molar-refractivity contribution < 1.29 is 35.8 Å². The van der Waals surface area contributed by atoms with Gasteiger partial charge in [-0.3, -0.25) is 0 Å². The molecule has 0 unspecified atom stereocenters. The molecule has 0 heterocycles. The van der Waals surface area contributed by atoms with Crippen LogP contribution in [0.25, 0.3) is 0 Å². The minimum absolute atomic E-state index is 0.391. The third-order valence-electron chi connectivity index (χ3n) is 2.15. The van der Waals surface area contributed by atoms with Crippen molar-refractivity contribution in [2.45, 2.75) is 18.0 Å². The van der Waals surface area contributed by atoms with Crippen molar-refractivity contribution in [2.75, 3.05) is 0 Å². The van der Waals surface area contributed by atoms with E-state index < -0.39 is 33.8 Å². The molecule has 0 radical (unpaired) electrons. The smallest absolute Gasteiger partial charge is 0.369 e. The van der Waals surface area contributed by atoms with Gasteiger partial charge in [-0.2, -0.15) is 26.3 Å². The summed E-state index contributed by atoms with van der Waals surface area (Å²) in [4.78, 5) is 0. The largest absolute Gasteiger partial charge is 0.430 e. The van der Waals surface area contributed by atoms with Gasteiger partial charge in [0.05, 0.1) is 5.56 Å². The minimum Gasteiger partial charge on any atom is -0.369 e. The molecule has 1 nitrogen and oxygen atoms in total. The molecule has 102 valence electrons. The molecule has 0 aliphatic rings. The van der Waals surface area contributed by atoms with Crippen LogP contribution in [0.1, 0.15) is 5.56 Å². The summed E-state index contributed by atoms with van der Waals surface area (Å²) in [6.07, 6.45) is -12.2. The van der Waals surface area contributed by atoms with Gasteiger partial charge in [-0.1, -0.05) is 22.0 Å². The number of benzene rings is 1. The molecule has 9 heteroatoms. The first-order chi connectivity index (χ1) is 7.93. The second-order valence-corrected chi connectivity index (χ2v) is 4.16. The standard InChI is InChI=1S/C9H4BrF7O/c10-4-2-1-3-5(11)6(4)7(18,8(12,13)14)9(15,16)17/h1-3,18H. The van der Waals surface area contributed by atoms with E-state index in [9.17, 15) is 30.7 Å². The van der Waals surface area contributed by atoms with Gasteiger partial charge in [0.1, 0.15) is 5.82 Å². The van der Waals surface area contributed by atoms with E-state index >= 15 is 0 Å². The number of hydrogen-bond donors (Lipinski definition) is 1. The molecule has 0 amide bonds. The topological polar surface area (TPSA) is 20.2 Å². The van der Waals surface area contributed by atoms with Crippen LogP contribution in [0, 0.1) is 5.82 Å². The van der Waals surface area contributed by atoms with Gasteiger partial charge >= 0.3 is 12.4 Å². The Hall–Kier alpha value is -0.830. The van der Waals surface area contributed by atoms with Gasteiger partial charge in [0.2, 0.25) is 0 Å². The summed E-state index contributed by atoms with van der Waals surface area (Å²) in [5.41, 5.74) is -7.19. The summed E-state index contributed by atoms with van der Waals surface area (Å²) in [6, 6.07) is 2.06. The maximum absolute atomic E-state index is 13.2. The normalized spacial score (nSPS) is 13.8. The SMILES string of the molecule is OC(c1c(F)cccc1Br)(C(F)(F)F)C(F)(F)F. The van der Waals surface area contributed by atoms with Crippen LogP contribution < -0.4 is 0 Å². The number of alkyl halides is 6. The fraction of sp³-hybridized carbons (Fsp3) is 0.333. The zero-order valence-corrected chi connectivity index (χ0v) is 9.79. The molecule has 0 aliphatic carbocycles. The first kappa shape index (κ1) is 15.2. The molecule has 0 bridgehead atoms. The molecule has 0 saturated heterocycles. The van der Waals surface area contributed by atoms with Crippen molar-refractivity contribution in [3.63, 3.8) is 0 Å². The van der Waals surface area contributed by atoms with Crippen molar-refractivity contribution in [3.05, 3.63) is 34.1 Å². The summed E-state index contributed by atoms with van der Waals surface area (Å²) >= 11 is 2.37. The highest BCUT2D eigenvalue weighted by atomic mass is 79.9. The maximum atomic E-state index is 13.2. The molecule has 1 aromatic carbocycles. The highest BCUT2D eigenvalue weighted by Crippen LogP contribution is 2.52. The van der Waals surface area contributed by atoms with Crippen molar-refractivity contribution in [1.29, 1.82) is 0 Å². The van der Waals surface area contributed by atoms with E-state index in [2.05, 4.69) is 15.9 Å². The zero-order chi connectivity index (χ0) is 14.4. The van der Waals surface area contributed by atoms with Gasteiger partial charge in [-0.05, 0) is 12.1 Å². The minimum atomic E-state index is -6.12. The summed E-state index contributed by atoms with van der Waals surface area (Å²) in [7, 11) is 0. The third kappa shape index (κ3) is 2.20. The van der Waals surface area contributed by atoms with E-state index in [1.54, 1.807) is 0 Å². The Morgan fingerprint density at radius 2 is 1.39 bits per heavy atom. The molecular weight excluding hydrogens is 337 g/mol. The second kappa shape index (κ2) is 4.37. The van der Waals surface area contributed by atoms with E-state index in [1.807, 2.05) is 0 Å². The van der Waals surface area contributed by atoms with Crippen molar-refractivity contribution in [2.24, 2.45) is 0 Å². The predicted molar refractivity (Wildman–Crippen MR) is 50.1 cm³/mol. The Bertz CT molecular complexity index is 417. The van der Waals surface area contributed by atoms with Gasteiger partial charge in [0, 0.05) is 4.47 Å². The van der Waals surface area contributed by atoms with Crippen molar-refractivity contribution in [1.82, 2.24) is 0 Å². The quantitative estimate of drug-likeness (QED) is 0.769. The molecule has 0 atom stereocenters. The monoisotopic (exact) mass is 340 g/mol. The van der Waals surface area contributed by atoms with Crippen LogP contribution in [0.3, 0.4) is 0 Å². The predicted octanol–water partition coefficient (Wildman–Crippen LogP) is 3.90. The average Bonchev–Trinajstić information content (AvgIpc) is 2.13. The van der Waals surface area contributed by atoms with Crippen LogP contribution in [-0.2, 0) is 5.60 Å². The Morgan fingerprint density at radius 1 is 0.944 bits per heavy atom. The molecule has 0 saturated carbocycles. The molecule has 1 N–H and O–H groups in total. The van der Waals surface area contributed by atoms with Crippen LogP contribution in [0.5, 0.6) is 0 Å². The van der Waals surface area contributed by atoms with Crippen LogP contribution in [0.4, 0.5) is 30.7 Å². The molecule has 0 aliphatic heterocycles. The molecule has 0 aromatic heterocycles. The first-order valence-corrected chi connectivity index (χ1v) is 5.02. The van der Waals surface area contributed by atoms with Crippen LogP contribution in [0.15, 0.2) is 22.7 Å². The van der Waals surface area contributed by atoms with E-state index in [0.717, 1.165) is 12.1 Å². The molecule has 1 aromatic rings. The van der Waals surface area contributed by atoms with Crippen LogP contribution in [0.2, 0.25) is 0 Å². The van der Waals surface area contributed by atoms with Gasteiger partial charge < -0.3 is 5.11 Å². The Balaban J connectivity index is 3.67. The highest BCUT2D eigenvalue weighted by molar-refractivity contribution is 9.10. The van der Waals surface area contributed by atoms with E-state index in [-0.39, 0.29) is 0 Å². The van der Waals surface area contributed by atoms with Crippen molar-refractivity contribution in [3.8, 4) is 0 Å². The Kier molecular flexibility index (Phi) is 3.70. The number of halogens is 8. The number of rotatable bonds is 1. The molecule has 1 rings (SSSR count). The average molecular weight is 341 g/mol. The van der Waals surface area contributed by atoms with Gasteiger partial charge in [-0.15, -0.1) is 0 Å². The summed E-state index contributed by atoms with van der Waals surface area (Å²) in [5, 5.41) is 9.00. The van der Waals surface area contributed by atoms with E-state index in [4.69, 9.17) is 5.11 Å². The van der Waals surface area contributed by atoms with E-state index in [1.165, 1.54) is 0 Å². The number of hydrogen-bond acceptors (Lipinski definition) is 1. The molecule has 0 spiro atoms. The van der Waals surface area contributed by atoms with Crippen LogP contribution >= 0.6 is 15.9 Å². The fourth-order valence-corrected chi connectivity index (χ4v) is 1.92. The maximum Gasteiger partial charge on any atom is 0.430 e.